The van der Waals surface area contributed by atoms with Gasteiger partial charge in [0, 0.05) is 25.2 Å². The van der Waals surface area contributed by atoms with E-state index in [9.17, 15) is 24.3 Å². The lowest BCUT2D eigenvalue weighted by atomic mass is 9.44. The van der Waals surface area contributed by atoms with E-state index in [1.54, 1.807) is 6.92 Å². The summed E-state index contributed by atoms with van der Waals surface area (Å²) in [4.78, 5) is 49.7. The molecule has 0 aromatic rings. The van der Waals surface area contributed by atoms with E-state index in [0.29, 0.717) is 25.7 Å². The molecule has 4 rings (SSSR count). The molecule has 34 heavy (non-hydrogen) atoms. The minimum atomic E-state index is -1.42. The highest BCUT2D eigenvalue weighted by Gasteiger charge is 2.70. The van der Waals surface area contributed by atoms with Gasteiger partial charge in [0.25, 0.3) is 0 Å². The summed E-state index contributed by atoms with van der Waals surface area (Å²) in [7, 11) is 0. The topological polar surface area (TPSA) is 107 Å². The number of carbonyl (C=O) groups is 4. The predicted molar refractivity (Wildman–Crippen MR) is 123 cm³/mol. The van der Waals surface area contributed by atoms with Crippen molar-refractivity contribution in [3.8, 4) is 0 Å². The maximum Gasteiger partial charge on any atom is 0.305 e. The van der Waals surface area contributed by atoms with E-state index in [2.05, 4.69) is 13.8 Å². The van der Waals surface area contributed by atoms with Crippen LogP contribution < -0.4 is 0 Å². The number of fused-ring (bicyclic) bond motifs is 5. The van der Waals surface area contributed by atoms with Gasteiger partial charge in [-0.3, -0.25) is 19.2 Å². The number of hydrogen-bond donors (Lipinski definition) is 1. The molecular formula is C27H38O7. The Bertz CT molecular complexity index is 937. The number of ether oxygens (including phenoxy) is 2. The lowest BCUT2D eigenvalue weighted by Crippen LogP contribution is -2.63. The van der Waals surface area contributed by atoms with Gasteiger partial charge in [-0.1, -0.05) is 33.3 Å². The molecule has 0 saturated heterocycles. The van der Waals surface area contributed by atoms with E-state index in [0.717, 1.165) is 18.4 Å². The zero-order chi connectivity index (χ0) is 25.1. The predicted octanol–water partition coefficient (Wildman–Crippen LogP) is 3.56. The quantitative estimate of drug-likeness (QED) is 0.607. The van der Waals surface area contributed by atoms with E-state index in [4.69, 9.17) is 9.47 Å². The first-order valence-electron chi connectivity index (χ1n) is 12.7. The molecule has 3 fully saturated rings. The second-order valence-electron chi connectivity index (χ2n) is 11.5. The van der Waals surface area contributed by atoms with Gasteiger partial charge >= 0.3 is 11.9 Å². The van der Waals surface area contributed by atoms with Crippen LogP contribution in [0.15, 0.2) is 11.6 Å². The zero-order valence-electron chi connectivity index (χ0n) is 21.0. The number of aliphatic hydroxyl groups excluding tert-OH is 1. The Hall–Kier alpha value is -2.02. The first-order valence-corrected chi connectivity index (χ1v) is 12.7. The standard InChI is InChI=1S/C27H38O7/c1-6-23(32)33-14-22(31)27(34-16(3)28)10-8-19-18-11-15(2)20-12-17(29)7-9-25(20,4)24(18)21(30)13-26(19,27)5/h12,15,18-19,21,24,30H,6-11,13-14H2,1-5H3/t15?,18-,19-,21?,24+,25-,26-,27-/m0/s1. The molecular weight excluding hydrogens is 436 g/mol. The monoisotopic (exact) mass is 474 g/mol. The zero-order valence-corrected chi connectivity index (χ0v) is 21.0. The Labute approximate surface area is 201 Å². The fourth-order valence-corrected chi connectivity index (χ4v) is 8.40. The molecule has 0 aromatic carbocycles. The molecule has 0 spiro atoms. The van der Waals surface area contributed by atoms with Gasteiger partial charge in [0.15, 0.2) is 18.0 Å². The Morgan fingerprint density at radius 1 is 1.21 bits per heavy atom. The van der Waals surface area contributed by atoms with Crippen molar-refractivity contribution in [2.75, 3.05) is 6.61 Å². The van der Waals surface area contributed by atoms with Crippen LogP contribution in [-0.4, -0.2) is 46.9 Å². The number of rotatable bonds is 5. The van der Waals surface area contributed by atoms with Crippen LogP contribution in [0.25, 0.3) is 0 Å². The molecule has 7 nitrogen and oxygen atoms in total. The molecule has 8 atom stereocenters. The van der Waals surface area contributed by atoms with Crippen molar-refractivity contribution in [3.05, 3.63) is 11.6 Å². The molecule has 0 bridgehead atoms. The second-order valence-corrected chi connectivity index (χ2v) is 11.5. The van der Waals surface area contributed by atoms with Gasteiger partial charge in [0.2, 0.25) is 5.78 Å². The molecule has 4 aliphatic carbocycles. The van der Waals surface area contributed by atoms with Crippen molar-refractivity contribution in [1.29, 1.82) is 0 Å². The van der Waals surface area contributed by atoms with Crippen LogP contribution in [0.3, 0.4) is 0 Å². The Morgan fingerprint density at radius 2 is 1.91 bits per heavy atom. The summed E-state index contributed by atoms with van der Waals surface area (Å²) in [6, 6.07) is 0. The highest BCUT2D eigenvalue weighted by molar-refractivity contribution is 5.93. The first kappa shape index (κ1) is 25.1. The highest BCUT2D eigenvalue weighted by atomic mass is 16.6. The van der Waals surface area contributed by atoms with Gasteiger partial charge in [-0.25, -0.2) is 0 Å². The number of allylic oxidation sites excluding steroid dienone is 1. The number of esters is 2. The van der Waals surface area contributed by atoms with Crippen molar-refractivity contribution in [2.45, 2.75) is 91.3 Å². The highest BCUT2D eigenvalue weighted by Crippen LogP contribution is 2.69. The summed E-state index contributed by atoms with van der Waals surface area (Å²) in [5, 5.41) is 11.6. The Kier molecular flexibility index (Phi) is 6.33. The SMILES string of the molecule is CCC(=O)OCC(=O)[C@@]1(OC(C)=O)CC[C@H]2[C@@H]3CC(C)C4=CC(=O)CC[C@]4(C)[C@H]3C(O)C[C@@]21C. The molecule has 3 saturated carbocycles. The molecule has 2 unspecified atom stereocenters. The van der Waals surface area contributed by atoms with E-state index in [1.807, 2.05) is 13.0 Å². The van der Waals surface area contributed by atoms with E-state index in [-0.39, 0.29) is 41.3 Å². The molecule has 0 amide bonds. The van der Waals surface area contributed by atoms with E-state index >= 15 is 0 Å². The van der Waals surface area contributed by atoms with Crippen LogP contribution in [0, 0.1) is 34.5 Å². The average molecular weight is 475 g/mol. The van der Waals surface area contributed by atoms with Gasteiger partial charge < -0.3 is 14.6 Å². The Balaban J connectivity index is 1.73. The molecule has 0 aliphatic heterocycles. The van der Waals surface area contributed by atoms with Gasteiger partial charge in [0.1, 0.15) is 0 Å². The van der Waals surface area contributed by atoms with Crippen molar-refractivity contribution in [1.82, 2.24) is 0 Å². The van der Waals surface area contributed by atoms with Gasteiger partial charge in [-0.15, -0.1) is 0 Å². The number of Topliss-reactive ketones (excluding diaryl/α,β-unsaturated/α-hetero) is 1. The average Bonchev–Trinajstić information content (AvgIpc) is 3.04. The first-order chi connectivity index (χ1) is 15.9. The third-order valence-electron chi connectivity index (χ3n) is 9.75. The van der Waals surface area contributed by atoms with Gasteiger partial charge in [-0.2, -0.15) is 0 Å². The molecule has 7 heteroatoms. The lowest BCUT2D eigenvalue weighted by molar-refractivity contribution is -0.203. The molecule has 0 heterocycles. The van der Waals surface area contributed by atoms with Crippen LogP contribution in [0.2, 0.25) is 0 Å². The number of aliphatic hydroxyl groups is 1. The third-order valence-corrected chi connectivity index (χ3v) is 9.75. The van der Waals surface area contributed by atoms with Crippen LogP contribution in [0.5, 0.6) is 0 Å². The van der Waals surface area contributed by atoms with Crippen LogP contribution in [-0.2, 0) is 28.7 Å². The fourth-order valence-electron chi connectivity index (χ4n) is 8.40. The largest absolute Gasteiger partial charge is 0.457 e. The fraction of sp³-hybridized carbons (Fsp3) is 0.778. The number of ketones is 2. The number of hydrogen-bond acceptors (Lipinski definition) is 7. The van der Waals surface area contributed by atoms with Gasteiger partial charge in [-0.05, 0) is 67.3 Å². The van der Waals surface area contributed by atoms with Crippen molar-refractivity contribution >= 4 is 23.5 Å². The molecule has 0 aromatic heterocycles. The van der Waals surface area contributed by atoms with Crippen molar-refractivity contribution < 1.29 is 33.8 Å². The Morgan fingerprint density at radius 3 is 2.56 bits per heavy atom. The van der Waals surface area contributed by atoms with Crippen LogP contribution in [0.1, 0.15) is 79.6 Å². The van der Waals surface area contributed by atoms with Gasteiger partial charge in [0.05, 0.1) is 6.10 Å². The van der Waals surface area contributed by atoms with E-state index < -0.39 is 41.4 Å². The summed E-state index contributed by atoms with van der Waals surface area (Å²) >= 11 is 0. The summed E-state index contributed by atoms with van der Waals surface area (Å²) in [6.45, 7) is 8.83. The second kappa shape index (κ2) is 8.58. The lowest BCUT2D eigenvalue weighted by Gasteiger charge is -2.62. The molecule has 188 valence electrons. The minimum Gasteiger partial charge on any atom is -0.457 e. The summed E-state index contributed by atoms with van der Waals surface area (Å²) in [5.74, 6) is -0.859. The molecule has 1 N–H and O–H groups in total. The van der Waals surface area contributed by atoms with Crippen molar-refractivity contribution in [3.63, 3.8) is 0 Å². The maximum absolute atomic E-state index is 13.6. The van der Waals surface area contributed by atoms with E-state index in [1.165, 1.54) is 6.92 Å². The summed E-state index contributed by atoms with van der Waals surface area (Å²) < 4.78 is 11.0. The number of carbonyl (C=O) groups excluding carboxylic acids is 4. The molecule has 4 aliphatic rings. The van der Waals surface area contributed by atoms with Crippen LogP contribution in [0.4, 0.5) is 0 Å². The summed E-state index contributed by atoms with van der Waals surface area (Å²) in [5.41, 5.74) is -1.30. The van der Waals surface area contributed by atoms with Crippen LogP contribution >= 0.6 is 0 Å². The molecule has 0 radical (unpaired) electrons. The minimum absolute atomic E-state index is 0.0118. The summed E-state index contributed by atoms with van der Waals surface area (Å²) in [6.07, 6.45) is 4.70. The normalized spacial score (nSPS) is 43.2. The van der Waals surface area contributed by atoms with Crippen molar-refractivity contribution in [2.24, 2.45) is 34.5 Å². The smallest absolute Gasteiger partial charge is 0.305 e. The third kappa shape index (κ3) is 3.57. The maximum atomic E-state index is 13.6.